The zero-order valence-corrected chi connectivity index (χ0v) is 19.0. The van der Waals surface area contributed by atoms with Crippen LogP contribution in [0.5, 0.6) is 0 Å². The molecule has 1 atom stereocenters. The number of aromatic nitrogens is 4. The molecule has 2 heterocycles. The van der Waals surface area contributed by atoms with Crippen molar-refractivity contribution in [2.45, 2.75) is 37.2 Å². The number of carbonyl (C=O) groups excluding carboxylic acids is 1. The Balaban J connectivity index is 1.82. The molecule has 0 bridgehead atoms. The average molecular weight is 456 g/mol. The number of nitrogens with one attached hydrogen (secondary N) is 1. The number of halogens is 1. The Morgan fingerprint density at radius 3 is 2.74 bits per heavy atom. The molecule has 4 aromatic rings. The maximum absolute atomic E-state index is 12.8. The van der Waals surface area contributed by atoms with Gasteiger partial charge in [0, 0.05) is 29.4 Å². The van der Waals surface area contributed by atoms with Crippen LogP contribution < -0.4 is 10.9 Å². The molecule has 0 spiro atoms. The van der Waals surface area contributed by atoms with Gasteiger partial charge in [-0.25, -0.2) is 0 Å². The Kier molecular flexibility index (Phi) is 6.02. The highest BCUT2D eigenvalue weighted by molar-refractivity contribution is 7.98. The van der Waals surface area contributed by atoms with Gasteiger partial charge in [0.15, 0.2) is 5.16 Å². The predicted molar refractivity (Wildman–Crippen MR) is 124 cm³/mol. The lowest BCUT2D eigenvalue weighted by Gasteiger charge is -2.13. The Morgan fingerprint density at radius 2 is 2.00 bits per heavy atom. The van der Waals surface area contributed by atoms with E-state index in [2.05, 4.69) is 15.5 Å². The van der Waals surface area contributed by atoms with Crippen LogP contribution in [-0.2, 0) is 12.8 Å². The van der Waals surface area contributed by atoms with Crippen molar-refractivity contribution >= 4 is 46.0 Å². The first-order valence-corrected chi connectivity index (χ1v) is 11.3. The van der Waals surface area contributed by atoms with Crippen LogP contribution in [-0.4, -0.2) is 31.1 Å². The molecule has 0 saturated heterocycles. The zero-order chi connectivity index (χ0) is 22.1. The Labute approximate surface area is 188 Å². The number of aryl methyl sites for hydroxylation is 1. The number of fused-ring (bicyclic) bond motifs is 3. The van der Waals surface area contributed by atoms with Crippen molar-refractivity contribution < 1.29 is 4.79 Å². The minimum atomic E-state index is -0.188. The highest BCUT2D eigenvalue weighted by atomic mass is 35.5. The summed E-state index contributed by atoms with van der Waals surface area (Å²) in [7, 11) is 1.66. The second-order valence-electron chi connectivity index (χ2n) is 7.38. The molecule has 1 amide bonds. The number of amides is 1. The summed E-state index contributed by atoms with van der Waals surface area (Å²) in [5, 5.41) is 13.3. The van der Waals surface area contributed by atoms with Gasteiger partial charge in [0.25, 0.3) is 11.5 Å². The van der Waals surface area contributed by atoms with Gasteiger partial charge in [-0.15, -0.1) is 10.2 Å². The van der Waals surface area contributed by atoms with E-state index in [4.69, 9.17) is 11.6 Å². The molecular weight excluding hydrogens is 434 g/mol. The lowest BCUT2D eigenvalue weighted by atomic mass is 10.1. The van der Waals surface area contributed by atoms with Crippen LogP contribution in [0.4, 0.5) is 0 Å². The van der Waals surface area contributed by atoms with Crippen LogP contribution in [0.15, 0.2) is 52.4 Å². The van der Waals surface area contributed by atoms with Crippen LogP contribution >= 0.6 is 23.4 Å². The molecule has 2 aromatic carbocycles. The highest BCUT2D eigenvalue weighted by Gasteiger charge is 2.18. The predicted octanol–water partition coefficient (Wildman–Crippen LogP) is 4.06. The summed E-state index contributed by atoms with van der Waals surface area (Å²) in [5.41, 5.74) is 1.87. The molecule has 7 nitrogen and oxygen atoms in total. The Bertz CT molecular complexity index is 1350. The van der Waals surface area contributed by atoms with Crippen LogP contribution in [0.25, 0.3) is 16.7 Å². The molecule has 31 heavy (non-hydrogen) atoms. The third kappa shape index (κ3) is 4.05. The lowest BCUT2D eigenvalue weighted by molar-refractivity contribution is 0.0939. The molecule has 0 radical (unpaired) electrons. The fraction of sp³-hybridized carbons (Fsp3) is 0.273. The van der Waals surface area contributed by atoms with E-state index in [9.17, 15) is 9.59 Å². The van der Waals surface area contributed by atoms with Gasteiger partial charge in [-0.05, 0) is 43.2 Å². The smallest absolute Gasteiger partial charge is 0.262 e. The van der Waals surface area contributed by atoms with Crippen LogP contribution in [0.2, 0.25) is 5.02 Å². The Morgan fingerprint density at radius 1 is 1.23 bits per heavy atom. The van der Waals surface area contributed by atoms with Crippen molar-refractivity contribution in [1.82, 2.24) is 24.5 Å². The fourth-order valence-corrected chi connectivity index (χ4v) is 4.49. The number of benzene rings is 2. The van der Waals surface area contributed by atoms with E-state index in [0.29, 0.717) is 38.2 Å². The largest absolute Gasteiger partial charge is 0.350 e. The summed E-state index contributed by atoms with van der Waals surface area (Å²) in [5.74, 6) is 0.834. The third-order valence-electron chi connectivity index (χ3n) is 5.26. The molecule has 9 heteroatoms. The van der Waals surface area contributed by atoms with Gasteiger partial charge in [-0.2, -0.15) is 0 Å². The normalized spacial score (nSPS) is 12.4. The molecule has 160 valence electrons. The maximum Gasteiger partial charge on any atom is 0.262 e. The molecule has 0 fully saturated rings. The summed E-state index contributed by atoms with van der Waals surface area (Å²) in [6, 6.07) is 12.8. The second kappa shape index (κ2) is 8.72. The number of nitrogens with zero attached hydrogens (tertiary/aromatic N) is 4. The fourth-order valence-electron chi connectivity index (χ4n) is 3.26. The topological polar surface area (TPSA) is 81.3 Å². The van der Waals surface area contributed by atoms with Crippen molar-refractivity contribution in [3.8, 4) is 0 Å². The van der Waals surface area contributed by atoms with Gasteiger partial charge in [0.1, 0.15) is 0 Å². The monoisotopic (exact) mass is 455 g/mol. The quantitative estimate of drug-likeness (QED) is 0.443. The Hall–Kier alpha value is -2.84. The van der Waals surface area contributed by atoms with E-state index >= 15 is 0 Å². The van der Waals surface area contributed by atoms with Gasteiger partial charge in [-0.3, -0.25) is 18.6 Å². The average Bonchev–Trinajstić information content (AvgIpc) is 3.20. The highest BCUT2D eigenvalue weighted by Crippen LogP contribution is 2.27. The standard InChI is InChI=1S/C22H22ClN5O2S/c1-4-13(2)24-19(29)14-9-10-16-18(11-14)28-21(27(3)20(16)30)25-26-22(28)31-12-15-7-5-6-8-17(15)23/h5-11,13H,4,12H2,1-3H3,(H,24,29). The number of hydrogen-bond donors (Lipinski definition) is 1. The first-order valence-electron chi connectivity index (χ1n) is 9.95. The molecular formula is C22H22ClN5O2S. The van der Waals surface area contributed by atoms with Crippen molar-refractivity contribution in [3.05, 3.63) is 69.0 Å². The first kappa shape index (κ1) is 21.4. The van der Waals surface area contributed by atoms with Crippen molar-refractivity contribution in [3.63, 3.8) is 0 Å². The SMILES string of the molecule is CCC(C)NC(=O)c1ccc2c(=O)n(C)c3nnc(SCc4ccccc4Cl)n3c2c1. The third-order valence-corrected chi connectivity index (χ3v) is 6.60. The van der Waals surface area contributed by atoms with E-state index in [0.717, 1.165) is 12.0 Å². The van der Waals surface area contributed by atoms with Crippen LogP contribution in [0.1, 0.15) is 36.2 Å². The van der Waals surface area contributed by atoms with E-state index in [-0.39, 0.29) is 17.5 Å². The maximum atomic E-state index is 12.8. The van der Waals surface area contributed by atoms with E-state index < -0.39 is 0 Å². The van der Waals surface area contributed by atoms with Crippen LogP contribution in [0.3, 0.4) is 0 Å². The first-order chi connectivity index (χ1) is 14.9. The van der Waals surface area contributed by atoms with Crippen molar-refractivity contribution in [1.29, 1.82) is 0 Å². The van der Waals surface area contributed by atoms with Gasteiger partial charge in [0.05, 0.1) is 10.9 Å². The summed E-state index contributed by atoms with van der Waals surface area (Å²) >= 11 is 7.76. The van der Waals surface area contributed by atoms with E-state index in [1.807, 2.05) is 42.5 Å². The summed E-state index contributed by atoms with van der Waals surface area (Å²) in [6.45, 7) is 3.97. The minimum absolute atomic E-state index is 0.0588. The summed E-state index contributed by atoms with van der Waals surface area (Å²) < 4.78 is 3.28. The van der Waals surface area contributed by atoms with Gasteiger partial charge in [-0.1, -0.05) is 48.5 Å². The number of hydrogen-bond acceptors (Lipinski definition) is 5. The molecule has 0 aliphatic rings. The summed E-state index contributed by atoms with van der Waals surface area (Å²) in [6.07, 6.45) is 0.832. The number of rotatable bonds is 6. The van der Waals surface area contributed by atoms with Gasteiger partial charge < -0.3 is 5.32 Å². The molecule has 0 aliphatic carbocycles. The van der Waals surface area contributed by atoms with Gasteiger partial charge in [0.2, 0.25) is 5.78 Å². The number of carbonyl (C=O) groups is 1. The molecule has 2 aromatic heterocycles. The van der Waals surface area contributed by atoms with Crippen molar-refractivity contribution in [2.24, 2.45) is 7.05 Å². The second-order valence-corrected chi connectivity index (χ2v) is 8.73. The molecule has 1 unspecified atom stereocenters. The zero-order valence-electron chi connectivity index (χ0n) is 17.4. The molecule has 0 aliphatic heterocycles. The van der Waals surface area contributed by atoms with E-state index in [1.54, 1.807) is 25.2 Å². The molecule has 4 rings (SSSR count). The lowest BCUT2D eigenvalue weighted by Crippen LogP contribution is -2.32. The number of thioether (sulfide) groups is 1. The summed E-state index contributed by atoms with van der Waals surface area (Å²) in [4.78, 5) is 25.5. The minimum Gasteiger partial charge on any atom is -0.350 e. The van der Waals surface area contributed by atoms with Crippen molar-refractivity contribution in [2.75, 3.05) is 0 Å². The van der Waals surface area contributed by atoms with Crippen LogP contribution in [0, 0.1) is 0 Å². The van der Waals surface area contributed by atoms with E-state index in [1.165, 1.54) is 16.3 Å². The molecule has 0 saturated carbocycles. The van der Waals surface area contributed by atoms with Gasteiger partial charge >= 0.3 is 0 Å². The molecule has 1 N–H and O–H groups in total.